The van der Waals surface area contributed by atoms with E-state index in [2.05, 4.69) is 10.6 Å². The molecule has 6 heteroatoms. The minimum Gasteiger partial charge on any atom is -0.497 e. The van der Waals surface area contributed by atoms with Crippen molar-refractivity contribution in [2.75, 3.05) is 26.7 Å². The number of carbonyl (C=O) groups excluding carboxylic acids is 1. The average Bonchev–Trinajstić information content (AvgIpc) is 2.95. The minimum absolute atomic E-state index is 0.278. The lowest BCUT2D eigenvalue weighted by Crippen LogP contribution is -2.36. The fourth-order valence-corrected chi connectivity index (χ4v) is 2.57. The van der Waals surface area contributed by atoms with Crippen molar-refractivity contribution in [3.8, 4) is 5.75 Å². The highest BCUT2D eigenvalue weighted by atomic mass is 32.1. The van der Waals surface area contributed by atoms with Gasteiger partial charge in [-0.05, 0) is 42.8 Å². The van der Waals surface area contributed by atoms with Crippen molar-refractivity contribution >= 4 is 23.2 Å². The number of likely N-dealkylation sites (tertiary alicyclic amines) is 1. The molecular formula is C16H23N3O2S. The van der Waals surface area contributed by atoms with E-state index in [4.69, 9.17) is 17.0 Å². The fraction of sp³-hybridized carbons (Fsp3) is 0.500. The van der Waals surface area contributed by atoms with Crippen LogP contribution in [-0.4, -0.2) is 42.7 Å². The Morgan fingerprint density at radius 2 is 2.09 bits per heavy atom. The molecule has 1 fully saturated rings. The van der Waals surface area contributed by atoms with Crippen LogP contribution in [0.25, 0.3) is 0 Å². The number of hydrogen-bond acceptors (Lipinski definition) is 3. The molecule has 1 saturated heterocycles. The summed E-state index contributed by atoms with van der Waals surface area (Å²) in [5.74, 6) is 1.13. The molecule has 1 aliphatic heterocycles. The molecule has 0 radical (unpaired) electrons. The maximum absolute atomic E-state index is 11.5. The van der Waals surface area contributed by atoms with Crippen molar-refractivity contribution in [1.29, 1.82) is 0 Å². The van der Waals surface area contributed by atoms with Gasteiger partial charge in [0.15, 0.2) is 5.11 Å². The minimum atomic E-state index is 0.278. The molecule has 1 heterocycles. The van der Waals surface area contributed by atoms with Gasteiger partial charge in [0.25, 0.3) is 0 Å². The summed E-state index contributed by atoms with van der Waals surface area (Å²) in [7, 11) is 1.65. The second-order valence-corrected chi connectivity index (χ2v) is 5.70. The molecule has 1 aromatic rings. The van der Waals surface area contributed by atoms with Crippen LogP contribution in [0.2, 0.25) is 0 Å². The highest BCUT2D eigenvalue weighted by Crippen LogP contribution is 2.11. The van der Waals surface area contributed by atoms with E-state index < -0.39 is 0 Å². The van der Waals surface area contributed by atoms with Crippen LogP contribution in [0.1, 0.15) is 24.8 Å². The van der Waals surface area contributed by atoms with Crippen LogP contribution in [0.15, 0.2) is 24.3 Å². The first-order valence-electron chi connectivity index (χ1n) is 7.61. The molecule has 2 rings (SSSR count). The summed E-state index contributed by atoms with van der Waals surface area (Å²) in [6.45, 7) is 3.17. The largest absolute Gasteiger partial charge is 0.497 e. The Morgan fingerprint density at radius 1 is 1.32 bits per heavy atom. The number of hydrogen-bond donors (Lipinski definition) is 2. The van der Waals surface area contributed by atoms with Crippen LogP contribution in [0.4, 0.5) is 0 Å². The third-order valence-corrected chi connectivity index (χ3v) is 3.96. The lowest BCUT2D eigenvalue weighted by atomic mass is 10.2. The van der Waals surface area contributed by atoms with Gasteiger partial charge < -0.3 is 20.3 Å². The average molecular weight is 321 g/mol. The standard InChI is InChI=1S/C16H23N3O2S/c1-21-14-7-5-13(6-8-14)12-18-16(22)17-9-3-11-19-10-2-4-15(19)20/h5-8H,2-4,9-12H2,1H3,(H2,17,18,22). The van der Waals surface area contributed by atoms with E-state index in [0.717, 1.165) is 43.8 Å². The van der Waals surface area contributed by atoms with Crippen molar-refractivity contribution in [2.45, 2.75) is 25.8 Å². The molecule has 0 bridgehead atoms. The molecule has 0 unspecified atom stereocenters. The van der Waals surface area contributed by atoms with Crippen LogP contribution < -0.4 is 15.4 Å². The predicted molar refractivity (Wildman–Crippen MR) is 90.9 cm³/mol. The van der Waals surface area contributed by atoms with Crippen LogP contribution in [0.3, 0.4) is 0 Å². The Kier molecular flexibility index (Phi) is 6.45. The first kappa shape index (κ1) is 16.5. The normalized spacial score (nSPS) is 14.0. The number of thiocarbonyl (C=S) groups is 1. The third kappa shape index (κ3) is 5.18. The van der Waals surface area contributed by atoms with Gasteiger partial charge >= 0.3 is 0 Å². The summed E-state index contributed by atoms with van der Waals surface area (Å²) in [6.07, 6.45) is 2.61. The van der Waals surface area contributed by atoms with Gasteiger partial charge in [-0.25, -0.2) is 0 Å². The van der Waals surface area contributed by atoms with E-state index in [1.54, 1.807) is 7.11 Å². The van der Waals surface area contributed by atoms with Crippen molar-refractivity contribution in [1.82, 2.24) is 15.5 Å². The topological polar surface area (TPSA) is 53.6 Å². The molecule has 0 atom stereocenters. The summed E-state index contributed by atoms with van der Waals surface area (Å²) >= 11 is 5.25. The second kappa shape index (κ2) is 8.58. The summed E-state index contributed by atoms with van der Waals surface area (Å²) in [5.41, 5.74) is 1.15. The van der Waals surface area contributed by atoms with E-state index >= 15 is 0 Å². The zero-order valence-electron chi connectivity index (χ0n) is 12.9. The maximum Gasteiger partial charge on any atom is 0.222 e. The Morgan fingerprint density at radius 3 is 2.73 bits per heavy atom. The van der Waals surface area contributed by atoms with Crippen LogP contribution in [-0.2, 0) is 11.3 Å². The van der Waals surface area contributed by atoms with Crippen LogP contribution >= 0.6 is 12.2 Å². The lowest BCUT2D eigenvalue weighted by Gasteiger charge is -2.16. The number of amides is 1. The van der Waals surface area contributed by atoms with Gasteiger partial charge in [-0.3, -0.25) is 4.79 Å². The smallest absolute Gasteiger partial charge is 0.222 e. The molecule has 1 amide bonds. The van der Waals surface area contributed by atoms with Gasteiger partial charge in [-0.2, -0.15) is 0 Å². The molecule has 120 valence electrons. The van der Waals surface area contributed by atoms with E-state index in [-0.39, 0.29) is 5.91 Å². The lowest BCUT2D eigenvalue weighted by molar-refractivity contribution is -0.127. The van der Waals surface area contributed by atoms with Gasteiger partial charge in [0, 0.05) is 32.6 Å². The number of nitrogens with one attached hydrogen (secondary N) is 2. The molecule has 0 aromatic heterocycles. The van der Waals surface area contributed by atoms with Crippen molar-refractivity contribution in [3.05, 3.63) is 29.8 Å². The summed E-state index contributed by atoms with van der Waals surface area (Å²) in [5, 5.41) is 6.99. The molecule has 0 saturated carbocycles. The molecule has 1 aromatic carbocycles. The SMILES string of the molecule is COc1ccc(CNC(=S)NCCCN2CCCC2=O)cc1. The van der Waals surface area contributed by atoms with E-state index in [0.29, 0.717) is 18.1 Å². The van der Waals surface area contributed by atoms with Gasteiger partial charge in [-0.15, -0.1) is 0 Å². The molecule has 2 N–H and O–H groups in total. The molecule has 0 spiro atoms. The van der Waals surface area contributed by atoms with Crippen molar-refractivity contribution in [2.24, 2.45) is 0 Å². The zero-order chi connectivity index (χ0) is 15.8. The Hall–Kier alpha value is -1.82. The number of ether oxygens (including phenoxy) is 1. The molecular weight excluding hydrogens is 298 g/mol. The quantitative estimate of drug-likeness (QED) is 0.591. The van der Waals surface area contributed by atoms with Crippen LogP contribution in [0.5, 0.6) is 5.75 Å². The van der Waals surface area contributed by atoms with E-state index in [1.165, 1.54) is 0 Å². The monoisotopic (exact) mass is 321 g/mol. The van der Waals surface area contributed by atoms with Crippen LogP contribution in [0, 0.1) is 0 Å². The Labute approximate surface area is 137 Å². The Balaban J connectivity index is 1.58. The van der Waals surface area contributed by atoms with Gasteiger partial charge in [0.2, 0.25) is 5.91 Å². The highest BCUT2D eigenvalue weighted by molar-refractivity contribution is 7.80. The number of benzene rings is 1. The molecule has 1 aliphatic rings. The summed E-state index contributed by atoms with van der Waals surface area (Å²) in [4.78, 5) is 13.4. The number of carbonyl (C=O) groups is 1. The van der Waals surface area contributed by atoms with E-state index in [1.807, 2.05) is 29.2 Å². The number of rotatable bonds is 7. The highest BCUT2D eigenvalue weighted by Gasteiger charge is 2.18. The Bertz CT molecular complexity index is 505. The molecule has 22 heavy (non-hydrogen) atoms. The van der Waals surface area contributed by atoms with Crippen molar-refractivity contribution in [3.63, 3.8) is 0 Å². The summed E-state index contributed by atoms with van der Waals surface area (Å²) in [6, 6.07) is 7.88. The maximum atomic E-state index is 11.5. The number of nitrogens with zero attached hydrogens (tertiary/aromatic N) is 1. The van der Waals surface area contributed by atoms with Gasteiger partial charge in [0.1, 0.15) is 5.75 Å². The van der Waals surface area contributed by atoms with Gasteiger partial charge in [-0.1, -0.05) is 12.1 Å². The van der Waals surface area contributed by atoms with Crippen molar-refractivity contribution < 1.29 is 9.53 Å². The first-order chi connectivity index (χ1) is 10.7. The van der Waals surface area contributed by atoms with Gasteiger partial charge in [0.05, 0.1) is 7.11 Å². The summed E-state index contributed by atoms with van der Waals surface area (Å²) < 4.78 is 5.12. The molecule has 5 nitrogen and oxygen atoms in total. The molecule has 0 aliphatic carbocycles. The predicted octanol–water partition coefficient (Wildman–Crippen LogP) is 1.67. The second-order valence-electron chi connectivity index (χ2n) is 5.30. The zero-order valence-corrected chi connectivity index (χ0v) is 13.7. The first-order valence-corrected chi connectivity index (χ1v) is 8.02. The third-order valence-electron chi connectivity index (χ3n) is 3.67. The fourth-order valence-electron chi connectivity index (χ4n) is 2.40. The van der Waals surface area contributed by atoms with E-state index in [9.17, 15) is 4.79 Å². The number of methoxy groups -OCH3 is 1.